The Hall–Kier alpha value is -0.870. The van der Waals surface area contributed by atoms with E-state index in [1.165, 1.54) is 12.8 Å². The molecule has 3 unspecified atom stereocenters. The molecule has 4 nitrogen and oxygen atoms in total. The molecule has 1 aliphatic carbocycles. The van der Waals surface area contributed by atoms with E-state index in [1.807, 2.05) is 13.1 Å². The zero-order valence-corrected chi connectivity index (χ0v) is 14.0. The number of piperazine rings is 1. The first-order valence-electron chi connectivity index (χ1n) is 8.34. The van der Waals surface area contributed by atoms with Gasteiger partial charge in [-0.1, -0.05) is 13.8 Å². The average Bonchev–Trinajstić information content (AvgIpc) is 3.21. The van der Waals surface area contributed by atoms with Crippen molar-refractivity contribution in [1.82, 2.24) is 15.2 Å². The molecule has 118 valence electrons. The van der Waals surface area contributed by atoms with Crippen LogP contribution in [0, 0.1) is 18.8 Å². The highest BCUT2D eigenvalue weighted by Gasteiger charge is 2.47. The number of aromatic nitrogens is 1. The molecule has 1 aliphatic heterocycles. The van der Waals surface area contributed by atoms with Gasteiger partial charge in [-0.15, -0.1) is 0 Å². The first kappa shape index (κ1) is 15.0. The highest BCUT2D eigenvalue weighted by atomic mass is 16.4. The maximum atomic E-state index is 5.80. The number of hydrogen-bond acceptors (Lipinski definition) is 4. The fourth-order valence-electron chi connectivity index (χ4n) is 3.75. The van der Waals surface area contributed by atoms with Gasteiger partial charge in [0.1, 0.15) is 5.76 Å². The first-order valence-corrected chi connectivity index (χ1v) is 8.34. The van der Waals surface area contributed by atoms with Gasteiger partial charge in [0, 0.05) is 24.7 Å². The Balaban J connectivity index is 1.82. The number of rotatable bonds is 4. The zero-order valence-electron chi connectivity index (χ0n) is 14.0. The molecule has 0 bridgehead atoms. The Morgan fingerprint density at radius 2 is 2.10 bits per heavy atom. The van der Waals surface area contributed by atoms with Gasteiger partial charge in [-0.05, 0) is 45.4 Å². The summed E-state index contributed by atoms with van der Waals surface area (Å²) < 4.78 is 5.80. The van der Waals surface area contributed by atoms with Gasteiger partial charge in [-0.2, -0.15) is 0 Å². The molecular weight excluding hydrogens is 262 g/mol. The van der Waals surface area contributed by atoms with Gasteiger partial charge in [-0.3, -0.25) is 4.90 Å². The van der Waals surface area contributed by atoms with Crippen molar-refractivity contribution in [3.05, 3.63) is 17.8 Å². The summed E-state index contributed by atoms with van der Waals surface area (Å²) in [6.07, 6.45) is 4.57. The van der Waals surface area contributed by atoms with Crippen LogP contribution in [0.5, 0.6) is 0 Å². The monoisotopic (exact) mass is 291 g/mol. The molecule has 0 amide bonds. The van der Waals surface area contributed by atoms with Crippen LogP contribution in [0.25, 0.3) is 0 Å². The van der Waals surface area contributed by atoms with Crippen molar-refractivity contribution in [2.24, 2.45) is 11.8 Å². The third-order valence-corrected chi connectivity index (χ3v) is 5.39. The predicted molar refractivity (Wildman–Crippen MR) is 84.1 cm³/mol. The third-order valence-electron chi connectivity index (χ3n) is 5.39. The van der Waals surface area contributed by atoms with Gasteiger partial charge >= 0.3 is 0 Å². The minimum absolute atomic E-state index is 0.242. The molecule has 3 rings (SSSR count). The molecule has 2 heterocycles. The Kier molecular flexibility index (Phi) is 3.87. The van der Waals surface area contributed by atoms with Crippen LogP contribution in [0.4, 0.5) is 0 Å². The first-order chi connectivity index (χ1) is 9.90. The number of oxazole rings is 1. The maximum Gasteiger partial charge on any atom is 0.211 e. The van der Waals surface area contributed by atoms with Crippen LogP contribution in [-0.2, 0) is 0 Å². The second-order valence-corrected chi connectivity index (χ2v) is 7.54. The van der Waals surface area contributed by atoms with Gasteiger partial charge in [-0.25, -0.2) is 4.98 Å². The highest BCUT2D eigenvalue weighted by molar-refractivity contribution is 5.07. The van der Waals surface area contributed by atoms with E-state index in [9.17, 15) is 0 Å². The van der Waals surface area contributed by atoms with Crippen molar-refractivity contribution >= 4 is 0 Å². The lowest BCUT2D eigenvalue weighted by Crippen LogP contribution is -2.65. The molecule has 1 N–H and O–H groups in total. The normalized spacial score (nSPS) is 32.6. The maximum absolute atomic E-state index is 5.80. The van der Waals surface area contributed by atoms with Gasteiger partial charge in [0.25, 0.3) is 0 Å². The van der Waals surface area contributed by atoms with Crippen LogP contribution in [0.3, 0.4) is 0 Å². The Labute approximate surface area is 128 Å². The summed E-state index contributed by atoms with van der Waals surface area (Å²) >= 11 is 0. The van der Waals surface area contributed by atoms with Gasteiger partial charge in [0.05, 0.1) is 12.2 Å². The van der Waals surface area contributed by atoms with E-state index >= 15 is 0 Å². The Morgan fingerprint density at radius 1 is 1.38 bits per heavy atom. The summed E-state index contributed by atoms with van der Waals surface area (Å²) in [5.41, 5.74) is 0.251. The highest BCUT2D eigenvalue weighted by Crippen LogP contribution is 2.43. The molecule has 1 saturated carbocycles. The fourth-order valence-corrected chi connectivity index (χ4v) is 3.75. The lowest BCUT2D eigenvalue weighted by molar-refractivity contribution is 0.0147. The van der Waals surface area contributed by atoms with E-state index in [2.05, 4.69) is 42.9 Å². The van der Waals surface area contributed by atoms with E-state index < -0.39 is 0 Å². The summed E-state index contributed by atoms with van der Waals surface area (Å²) in [4.78, 5) is 7.08. The molecule has 1 aromatic rings. The second kappa shape index (κ2) is 5.40. The summed E-state index contributed by atoms with van der Waals surface area (Å²) in [5, 5.41) is 3.84. The molecule has 0 aromatic carbocycles. The van der Waals surface area contributed by atoms with Gasteiger partial charge in [0.15, 0.2) is 0 Å². The topological polar surface area (TPSA) is 41.3 Å². The number of nitrogens with zero attached hydrogens (tertiary/aromatic N) is 2. The minimum Gasteiger partial charge on any atom is -0.444 e. The molecule has 1 aromatic heterocycles. The molecule has 3 atom stereocenters. The van der Waals surface area contributed by atoms with Crippen LogP contribution in [-0.4, -0.2) is 34.6 Å². The summed E-state index contributed by atoms with van der Waals surface area (Å²) in [6.45, 7) is 13.4. The molecular formula is C17H29N3O. The van der Waals surface area contributed by atoms with Gasteiger partial charge < -0.3 is 9.73 Å². The minimum atomic E-state index is 0.242. The van der Waals surface area contributed by atoms with Crippen molar-refractivity contribution in [2.45, 2.75) is 65.1 Å². The quantitative estimate of drug-likeness (QED) is 0.925. The van der Waals surface area contributed by atoms with Crippen molar-refractivity contribution in [3.63, 3.8) is 0 Å². The van der Waals surface area contributed by atoms with Crippen molar-refractivity contribution in [2.75, 3.05) is 13.1 Å². The largest absolute Gasteiger partial charge is 0.444 e. The number of aryl methyl sites for hydroxylation is 1. The van der Waals surface area contributed by atoms with Crippen LogP contribution >= 0.6 is 0 Å². The van der Waals surface area contributed by atoms with E-state index in [0.717, 1.165) is 30.7 Å². The van der Waals surface area contributed by atoms with E-state index in [1.54, 1.807) is 0 Å². The number of nitrogens with one attached hydrogen (secondary N) is 1. The second-order valence-electron chi connectivity index (χ2n) is 7.54. The molecule has 2 fully saturated rings. The van der Waals surface area contributed by atoms with Crippen LogP contribution in [0.15, 0.2) is 10.6 Å². The van der Waals surface area contributed by atoms with E-state index in [-0.39, 0.29) is 11.6 Å². The van der Waals surface area contributed by atoms with E-state index in [4.69, 9.17) is 4.42 Å². The Bertz CT molecular complexity index is 494. The predicted octanol–water partition coefficient (Wildman–Crippen LogP) is 3.14. The summed E-state index contributed by atoms with van der Waals surface area (Å²) in [7, 11) is 0. The SMILES string of the molecule is Cc1cnc(C(C)N2CC(C)(C3CC3)NCC2C(C)C)o1. The third kappa shape index (κ3) is 2.88. The van der Waals surface area contributed by atoms with Crippen molar-refractivity contribution in [3.8, 4) is 0 Å². The molecule has 21 heavy (non-hydrogen) atoms. The van der Waals surface area contributed by atoms with Crippen LogP contribution < -0.4 is 5.32 Å². The molecule has 2 aliphatic rings. The summed E-state index contributed by atoms with van der Waals surface area (Å²) in [5.74, 6) is 3.22. The smallest absolute Gasteiger partial charge is 0.211 e. The average molecular weight is 291 g/mol. The van der Waals surface area contributed by atoms with Crippen molar-refractivity contribution < 1.29 is 4.42 Å². The lowest BCUT2D eigenvalue weighted by atomic mass is 9.87. The Morgan fingerprint density at radius 3 is 2.62 bits per heavy atom. The molecule has 0 radical (unpaired) electrons. The van der Waals surface area contributed by atoms with E-state index in [0.29, 0.717) is 12.0 Å². The number of hydrogen-bond donors (Lipinski definition) is 1. The van der Waals surface area contributed by atoms with Crippen LogP contribution in [0.2, 0.25) is 0 Å². The zero-order chi connectivity index (χ0) is 15.2. The van der Waals surface area contributed by atoms with Crippen LogP contribution in [0.1, 0.15) is 58.2 Å². The lowest BCUT2D eigenvalue weighted by Gasteiger charge is -2.49. The fraction of sp³-hybridized carbons (Fsp3) is 0.824. The van der Waals surface area contributed by atoms with Crippen molar-refractivity contribution in [1.29, 1.82) is 0 Å². The standard InChI is InChI=1S/C17H29N3O/c1-11(2)15-9-19-17(5,14-6-7-14)10-20(15)13(4)16-18-8-12(3)21-16/h8,11,13-15,19H,6-7,9-10H2,1-5H3. The summed E-state index contributed by atoms with van der Waals surface area (Å²) in [6, 6.07) is 0.783. The molecule has 0 spiro atoms. The van der Waals surface area contributed by atoms with Gasteiger partial charge in [0.2, 0.25) is 5.89 Å². The molecule has 1 saturated heterocycles. The molecule has 4 heteroatoms.